The van der Waals surface area contributed by atoms with Crippen molar-refractivity contribution in [2.24, 2.45) is 0 Å². The van der Waals surface area contributed by atoms with Crippen LogP contribution in [0.1, 0.15) is 20.8 Å². The first-order valence-corrected chi connectivity index (χ1v) is 6.76. The van der Waals surface area contributed by atoms with Gasteiger partial charge < -0.3 is 10.1 Å². The van der Waals surface area contributed by atoms with E-state index in [9.17, 15) is 4.79 Å². The molecular weight excluding hydrogens is 350 g/mol. The first-order chi connectivity index (χ1) is 7.79. The lowest BCUT2D eigenvalue weighted by atomic mass is 10.2. The van der Waals surface area contributed by atoms with Gasteiger partial charge in [-0.3, -0.25) is 4.79 Å². The van der Waals surface area contributed by atoms with E-state index in [1.54, 1.807) is 0 Å². The Bertz CT molecular complexity index is 393. The van der Waals surface area contributed by atoms with Gasteiger partial charge in [0.2, 0.25) is 5.91 Å². The van der Waals surface area contributed by atoms with Crippen molar-refractivity contribution in [2.45, 2.75) is 26.4 Å². The van der Waals surface area contributed by atoms with Crippen LogP contribution in [0.2, 0.25) is 0 Å². The van der Waals surface area contributed by atoms with Crippen molar-refractivity contribution in [3.8, 4) is 0 Å². The molecule has 0 atom stereocenters. The van der Waals surface area contributed by atoms with E-state index < -0.39 is 0 Å². The highest BCUT2D eigenvalue weighted by atomic mass is 79.9. The molecule has 1 amide bonds. The van der Waals surface area contributed by atoms with E-state index in [-0.39, 0.29) is 18.1 Å². The zero-order chi connectivity index (χ0) is 13.1. The van der Waals surface area contributed by atoms with Crippen molar-refractivity contribution in [1.29, 1.82) is 0 Å². The Labute approximate surface area is 118 Å². The molecule has 0 aliphatic heterocycles. The number of amides is 1. The molecule has 0 unspecified atom stereocenters. The molecular formula is C12H15Br2NO2. The molecule has 0 aliphatic carbocycles. The Morgan fingerprint density at radius 1 is 1.29 bits per heavy atom. The lowest BCUT2D eigenvalue weighted by molar-refractivity contribution is -0.125. The minimum absolute atomic E-state index is 0.0390. The molecule has 0 saturated carbocycles. The topological polar surface area (TPSA) is 38.3 Å². The molecule has 0 saturated heterocycles. The van der Waals surface area contributed by atoms with Crippen molar-refractivity contribution in [1.82, 2.24) is 0 Å². The highest BCUT2D eigenvalue weighted by Gasteiger charge is 2.14. The van der Waals surface area contributed by atoms with Crippen LogP contribution in [0.15, 0.2) is 27.1 Å². The zero-order valence-corrected chi connectivity index (χ0v) is 13.2. The monoisotopic (exact) mass is 363 g/mol. The maximum absolute atomic E-state index is 11.7. The van der Waals surface area contributed by atoms with Crippen LogP contribution < -0.4 is 5.32 Å². The molecule has 5 heteroatoms. The summed E-state index contributed by atoms with van der Waals surface area (Å²) in [5, 5.41) is 2.79. The summed E-state index contributed by atoms with van der Waals surface area (Å²) in [7, 11) is 0. The SMILES string of the molecule is CC(C)(C)OCC(=O)Nc1c(Br)cccc1Br. The summed E-state index contributed by atoms with van der Waals surface area (Å²) in [5.74, 6) is -0.174. The molecule has 0 aliphatic rings. The minimum atomic E-state index is -0.317. The van der Waals surface area contributed by atoms with Gasteiger partial charge in [-0.15, -0.1) is 0 Å². The van der Waals surface area contributed by atoms with Crippen molar-refractivity contribution in [3.05, 3.63) is 27.1 Å². The highest BCUT2D eigenvalue weighted by molar-refractivity contribution is 9.11. The van der Waals surface area contributed by atoms with E-state index in [0.717, 1.165) is 14.6 Å². The van der Waals surface area contributed by atoms with Crippen molar-refractivity contribution in [2.75, 3.05) is 11.9 Å². The van der Waals surface area contributed by atoms with Gasteiger partial charge in [-0.05, 0) is 64.8 Å². The average Bonchev–Trinajstić information content (AvgIpc) is 2.20. The number of halogens is 2. The minimum Gasteiger partial charge on any atom is -0.366 e. The first kappa shape index (κ1) is 14.7. The normalized spacial score (nSPS) is 11.4. The third-order valence-electron chi connectivity index (χ3n) is 1.86. The van der Waals surface area contributed by atoms with Crippen LogP contribution in [0.25, 0.3) is 0 Å². The molecule has 3 nitrogen and oxygen atoms in total. The summed E-state index contributed by atoms with van der Waals surface area (Å²) in [6, 6.07) is 5.62. The maximum Gasteiger partial charge on any atom is 0.250 e. The van der Waals surface area contributed by atoms with Gasteiger partial charge in [0.15, 0.2) is 0 Å². The van der Waals surface area contributed by atoms with E-state index in [1.807, 2.05) is 39.0 Å². The van der Waals surface area contributed by atoms with Crippen LogP contribution in [-0.2, 0) is 9.53 Å². The van der Waals surface area contributed by atoms with Crippen molar-refractivity contribution >= 4 is 43.5 Å². The molecule has 1 aromatic rings. The third kappa shape index (κ3) is 5.19. The number of carbonyl (C=O) groups is 1. The van der Waals surface area contributed by atoms with Crippen molar-refractivity contribution < 1.29 is 9.53 Å². The molecule has 1 rings (SSSR count). The summed E-state index contributed by atoms with van der Waals surface area (Å²) in [6.45, 7) is 5.77. The van der Waals surface area contributed by atoms with Gasteiger partial charge in [0, 0.05) is 8.95 Å². The molecule has 1 aromatic carbocycles. The smallest absolute Gasteiger partial charge is 0.250 e. The Morgan fingerprint density at radius 2 is 1.82 bits per heavy atom. The second-order valence-corrected chi connectivity index (χ2v) is 6.25. The number of hydrogen-bond donors (Lipinski definition) is 1. The fourth-order valence-corrected chi connectivity index (χ4v) is 2.27. The number of benzene rings is 1. The molecule has 0 heterocycles. The number of rotatable bonds is 3. The van der Waals surface area contributed by atoms with Gasteiger partial charge >= 0.3 is 0 Å². The summed E-state index contributed by atoms with van der Waals surface area (Å²) in [6.07, 6.45) is 0. The number of anilines is 1. The fourth-order valence-electron chi connectivity index (χ4n) is 1.07. The van der Waals surface area contributed by atoms with Crippen LogP contribution in [0, 0.1) is 0 Å². The van der Waals surface area contributed by atoms with Crippen molar-refractivity contribution in [3.63, 3.8) is 0 Å². The molecule has 1 N–H and O–H groups in total. The van der Waals surface area contributed by atoms with E-state index >= 15 is 0 Å². The van der Waals surface area contributed by atoms with Gasteiger partial charge in [-0.2, -0.15) is 0 Å². The molecule has 0 aromatic heterocycles. The molecule has 94 valence electrons. The molecule has 0 radical (unpaired) electrons. The first-order valence-electron chi connectivity index (χ1n) is 5.17. The standard InChI is InChI=1S/C12H15Br2NO2/c1-12(2,3)17-7-10(16)15-11-8(13)5-4-6-9(11)14/h4-6H,7H2,1-3H3,(H,15,16). The highest BCUT2D eigenvalue weighted by Crippen LogP contribution is 2.30. The predicted octanol–water partition coefficient (Wildman–Crippen LogP) is 3.97. The van der Waals surface area contributed by atoms with E-state index in [2.05, 4.69) is 37.2 Å². The average molecular weight is 365 g/mol. The largest absolute Gasteiger partial charge is 0.366 e. The Balaban J connectivity index is 2.63. The van der Waals surface area contributed by atoms with Gasteiger partial charge in [-0.25, -0.2) is 0 Å². The Hall–Kier alpha value is -0.390. The van der Waals surface area contributed by atoms with E-state index in [1.165, 1.54) is 0 Å². The van der Waals surface area contributed by atoms with Gasteiger partial charge in [0.25, 0.3) is 0 Å². The number of carbonyl (C=O) groups excluding carboxylic acids is 1. The van der Waals surface area contributed by atoms with E-state index in [0.29, 0.717) is 0 Å². The molecule has 0 fully saturated rings. The van der Waals surface area contributed by atoms with E-state index in [4.69, 9.17) is 4.74 Å². The van der Waals surface area contributed by atoms with Crippen LogP contribution in [0.4, 0.5) is 5.69 Å². The number of hydrogen-bond acceptors (Lipinski definition) is 2. The summed E-state index contributed by atoms with van der Waals surface area (Å²) < 4.78 is 7.06. The predicted molar refractivity (Wildman–Crippen MR) is 76.2 cm³/mol. The second kappa shape index (κ2) is 5.98. The van der Waals surface area contributed by atoms with Crippen LogP contribution in [0.3, 0.4) is 0 Å². The molecule has 0 bridgehead atoms. The van der Waals surface area contributed by atoms with Crippen LogP contribution >= 0.6 is 31.9 Å². The zero-order valence-electron chi connectivity index (χ0n) is 10.0. The lowest BCUT2D eigenvalue weighted by Crippen LogP contribution is -2.27. The maximum atomic E-state index is 11.7. The molecule has 0 spiro atoms. The number of para-hydroxylation sites is 1. The third-order valence-corrected chi connectivity index (χ3v) is 3.19. The summed E-state index contributed by atoms with van der Waals surface area (Å²) in [5.41, 5.74) is 0.401. The second-order valence-electron chi connectivity index (χ2n) is 4.55. The van der Waals surface area contributed by atoms with Crippen LogP contribution in [0.5, 0.6) is 0 Å². The Morgan fingerprint density at radius 3 is 2.29 bits per heavy atom. The summed E-state index contributed by atoms with van der Waals surface area (Å²) >= 11 is 6.76. The quantitative estimate of drug-likeness (QED) is 0.881. The number of nitrogens with one attached hydrogen (secondary N) is 1. The Kier molecular flexibility index (Phi) is 5.16. The number of ether oxygens (including phenoxy) is 1. The molecule has 17 heavy (non-hydrogen) atoms. The summed E-state index contributed by atoms with van der Waals surface area (Å²) in [4.78, 5) is 11.7. The fraction of sp³-hybridized carbons (Fsp3) is 0.417. The van der Waals surface area contributed by atoms with Gasteiger partial charge in [0.1, 0.15) is 6.61 Å². The van der Waals surface area contributed by atoms with Gasteiger partial charge in [0.05, 0.1) is 11.3 Å². The lowest BCUT2D eigenvalue weighted by Gasteiger charge is -2.19. The van der Waals surface area contributed by atoms with Gasteiger partial charge in [-0.1, -0.05) is 6.07 Å². The van der Waals surface area contributed by atoms with Crippen LogP contribution in [-0.4, -0.2) is 18.1 Å².